The van der Waals surface area contributed by atoms with E-state index in [2.05, 4.69) is 51.9 Å². The topological polar surface area (TPSA) is 37.8 Å². The Balaban J connectivity index is 2.28. The summed E-state index contributed by atoms with van der Waals surface area (Å²) in [5, 5.41) is 3.34. The minimum absolute atomic E-state index is 0.0182. The number of rotatable bonds is 2. The Bertz CT molecular complexity index is 925. The fourth-order valence-electron chi connectivity index (χ4n) is 2.99. The highest BCUT2D eigenvalue weighted by molar-refractivity contribution is 5.64. The third kappa shape index (κ3) is 2.82. The first-order valence-corrected chi connectivity index (χ1v) is 8.27. The van der Waals surface area contributed by atoms with E-state index in [0.29, 0.717) is 0 Å². The normalized spacial score (nSPS) is 11.7. The summed E-state index contributed by atoms with van der Waals surface area (Å²) >= 11 is 0. The molecule has 0 atom stereocenters. The molecule has 0 spiro atoms. The lowest BCUT2D eigenvalue weighted by Gasteiger charge is -2.17. The molecule has 1 N–H and O–H groups in total. The Morgan fingerprint density at radius 3 is 2.17 bits per heavy atom. The summed E-state index contributed by atoms with van der Waals surface area (Å²) in [7, 11) is 0. The van der Waals surface area contributed by atoms with Crippen LogP contribution < -0.4 is 5.56 Å². The van der Waals surface area contributed by atoms with E-state index in [-0.39, 0.29) is 11.0 Å². The van der Waals surface area contributed by atoms with E-state index in [9.17, 15) is 4.79 Å². The van der Waals surface area contributed by atoms with Gasteiger partial charge in [0.2, 0.25) is 0 Å². The highest BCUT2D eigenvalue weighted by atomic mass is 16.1. The summed E-state index contributed by atoms with van der Waals surface area (Å²) in [5.74, 6) is 0. The van der Waals surface area contributed by atoms with Crippen LogP contribution in [0, 0.1) is 13.8 Å². The number of benzene rings is 2. The van der Waals surface area contributed by atoms with E-state index in [1.54, 1.807) is 4.68 Å². The van der Waals surface area contributed by atoms with Gasteiger partial charge < -0.3 is 0 Å². The summed E-state index contributed by atoms with van der Waals surface area (Å²) in [6.45, 7) is 10.4. The SMILES string of the molecule is Cc1ccc(-n2[nH]c(-c3ccccc3)c(C(C)(C)C)c2=O)cc1C. The maximum absolute atomic E-state index is 13.1. The first-order chi connectivity index (χ1) is 11.3. The minimum atomic E-state index is -0.246. The van der Waals surface area contributed by atoms with Crippen molar-refractivity contribution in [1.82, 2.24) is 9.78 Å². The van der Waals surface area contributed by atoms with Gasteiger partial charge in [0.1, 0.15) is 0 Å². The van der Waals surface area contributed by atoms with Crippen LogP contribution in [0.15, 0.2) is 53.3 Å². The number of nitrogens with zero attached hydrogens (tertiary/aromatic N) is 1. The van der Waals surface area contributed by atoms with Gasteiger partial charge in [-0.05, 0) is 48.1 Å². The fraction of sp³-hybridized carbons (Fsp3) is 0.286. The monoisotopic (exact) mass is 320 g/mol. The van der Waals surface area contributed by atoms with Crippen LogP contribution in [0.1, 0.15) is 37.5 Å². The zero-order valence-electron chi connectivity index (χ0n) is 15.0. The zero-order valence-corrected chi connectivity index (χ0v) is 15.0. The first-order valence-electron chi connectivity index (χ1n) is 8.27. The minimum Gasteiger partial charge on any atom is -0.290 e. The summed E-state index contributed by atoms with van der Waals surface area (Å²) in [5.41, 5.74) is 5.77. The van der Waals surface area contributed by atoms with Crippen molar-refractivity contribution in [2.75, 3.05) is 0 Å². The lowest BCUT2D eigenvalue weighted by molar-refractivity contribution is 0.586. The lowest BCUT2D eigenvalue weighted by Crippen LogP contribution is -2.25. The zero-order chi connectivity index (χ0) is 17.5. The largest absolute Gasteiger partial charge is 0.290 e. The quantitative estimate of drug-likeness (QED) is 0.727. The van der Waals surface area contributed by atoms with E-state index < -0.39 is 0 Å². The van der Waals surface area contributed by atoms with Crippen LogP contribution in [0.4, 0.5) is 0 Å². The van der Waals surface area contributed by atoms with E-state index >= 15 is 0 Å². The second-order valence-corrected chi connectivity index (χ2v) is 7.39. The van der Waals surface area contributed by atoms with Crippen LogP contribution in [-0.4, -0.2) is 9.78 Å². The molecule has 3 rings (SSSR count). The lowest BCUT2D eigenvalue weighted by atomic mass is 9.85. The summed E-state index contributed by atoms with van der Waals surface area (Å²) in [4.78, 5) is 13.1. The molecule has 1 heterocycles. The molecule has 1 aromatic heterocycles. The van der Waals surface area contributed by atoms with Gasteiger partial charge in [-0.25, -0.2) is 4.68 Å². The molecule has 3 aromatic rings. The van der Waals surface area contributed by atoms with Crippen molar-refractivity contribution in [2.45, 2.75) is 40.0 Å². The van der Waals surface area contributed by atoms with Gasteiger partial charge >= 0.3 is 0 Å². The molecule has 0 radical (unpaired) electrons. The average Bonchev–Trinajstić information content (AvgIpc) is 2.88. The standard InChI is InChI=1S/C21H24N2O/c1-14-11-12-17(13-15(14)2)23-20(24)18(21(3,4)5)19(22-23)16-9-7-6-8-10-16/h6-13,22H,1-5H3. The van der Waals surface area contributed by atoms with Crippen molar-refractivity contribution < 1.29 is 0 Å². The first kappa shape index (κ1) is 16.3. The van der Waals surface area contributed by atoms with Gasteiger partial charge in [0.25, 0.3) is 5.56 Å². The number of hydrogen-bond acceptors (Lipinski definition) is 1. The van der Waals surface area contributed by atoms with Gasteiger partial charge in [-0.1, -0.05) is 57.2 Å². The molecule has 0 saturated carbocycles. The molecule has 3 heteroatoms. The van der Waals surface area contributed by atoms with Gasteiger partial charge in [-0.2, -0.15) is 0 Å². The van der Waals surface area contributed by atoms with Gasteiger partial charge in [-0.15, -0.1) is 0 Å². The number of aromatic amines is 1. The molecule has 24 heavy (non-hydrogen) atoms. The van der Waals surface area contributed by atoms with Crippen LogP contribution in [0.5, 0.6) is 0 Å². The third-order valence-electron chi connectivity index (χ3n) is 4.45. The molecule has 124 valence electrons. The molecule has 0 aliphatic heterocycles. The Morgan fingerprint density at radius 2 is 1.58 bits per heavy atom. The number of hydrogen-bond donors (Lipinski definition) is 1. The average molecular weight is 320 g/mol. The van der Waals surface area contributed by atoms with Crippen molar-refractivity contribution in [2.24, 2.45) is 0 Å². The molecular formula is C21H24N2O. The summed E-state index contributed by atoms with van der Waals surface area (Å²) in [6, 6.07) is 16.1. The van der Waals surface area contributed by atoms with Crippen molar-refractivity contribution in [3.05, 3.63) is 75.6 Å². The predicted molar refractivity (Wildman–Crippen MR) is 100.0 cm³/mol. The summed E-state index contributed by atoms with van der Waals surface area (Å²) < 4.78 is 1.66. The molecule has 3 nitrogen and oxygen atoms in total. The Hall–Kier alpha value is -2.55. The Morgan fingerprint density at radius 1 is 0.917 bits per heavy atom. The van der Waals surface area contributed by atoms with Gasteiger partial charge in [0, 0.05) is 0 Å². The van der Waals surface area contributed by atoms with E-state index in [1.165, 1.54) is 11.1 Å². The van der Waals surface area contributed by atoms with E-state index in [1.807, 2.05) is 36.4 Å². The molecular weight excluding hydrogens is 296 g/mol. The Kier molecular flexibility index (Phi) is 3.96. The second kappa shape index (κ2) is 5.82. The maximum Gasteiger partial charge on any atom is 0.275 e. The molecule has 0 aliphatic rings. The highest BCUT2D eigenvalue weighted by Crippen LogP contribution is 2.30. The second-order valence-electron chi connectivity index (χ2n) is 7.39. The highest BCUT2D eigenvalue weighted by Gasteiger charge is 2.26. The predicted octanol–water partition coefficient (Wildman–Crippen LogP) is 4.75. The van der Waals surface area contributed by atoms with Crippen LogP contribution in [0.3, 0.4) is 0 Å². The number of H-pyrrole nitrogens is 1. The molecule has 0 aliphatic carbocycles. The molecule has 0 saturated heterocycles. The number of aromatic nitrogens is 2. The Labute approximate surface area is 143 Å². The van der Waals surface area contributed by atoms with Gasteiger partial charge in [0.15, 0.2) is 0 Å². The van der Waals surface area contributed by atoms with E-state index in [0.717, 1.165) is 22.5 Å². The van der Waals surface area contributed by atoms with Crippen molar-refractivity contribution in [3.63, 3.8) is 0 Å². The van der Waals surface area contributed by atoms with Crippen LogP contribution >= 0.6 is 0 Å². The van der Waals surface area contributed by atoms with E-state index in [4.69, 9.17) is 0 Å². The van der Waals surface area contributed by atoms with Gasteiger partial charge in [0.05, 0.1) is 16.9 Å². The van der Waals surface area contributed by atoms with Crippen LogP contribution in [-0.2, 0) is 5.41 Å². The van der Waals surface area contributed by atoms with Crippen LogP contribution in [0.2, 0.25) is 0 Å². The fourth-order valence-corrected chi connectivity index (χ4v) is 2.99. The van der Waals surface area contributed by atoms with Gasteiger partial charge in [-0.3, -0.25) is 9.89 Å². The molecule has 0 unspecified atom stereocenters. The summed E-state index contributed by atoms with van der Waals surface area (Å²) in [6.07, 6.45) is 0. The molecule has 0 bridgehead atoms. The molecule has 2 aromatic carbocycles. The molecule has 0 fully saturated rings. The molecule has 0 amide bonds. The third-order valence-corrected chi connectivity index (χ3v) is 4.45. The number of aryl methyl sites for hydroxylation is 2. The van der Waals surface area contributed by atoms with Crippen molar-refractivity contribution in [3.8, 4) is 16.9 Å². The van der Waals surface area contributed by atoms with Crippen molar-refractivity contribution >= 4 is 0 Å². The van der Waals surface area contributed by atoms with Crippen LogP contribution in [0.25, 0.3) is 16.9 Å². The van der Waals surface area contributed by atoms with Crippen molar-refractivity contribution in [1.29, 1.82) is 0 Å². The maximum atomic E-state index is 13.1. The smallest absolute Gasteiger partial charge is 0.275 e. The number of nitrogens with one attached hydrogen (secondary N) is 1.